The number of amides is 1. The minimum Gasteiger partial charge on any atom is -0.381 e. The first kappa shape index (κ1) is 26.5. The first-order valence-electron chi connectivity index (χ1n) is 11.9. The van der Waals surface area contributed by atoms with Gasteiger partial charge in [0.1, 0.15) is 17.5 Å². The Bertz CT molecular complexity index is 1280. The van der Waals surface area contributed by atoms with Crippen LogP contribution in [0.3, 0.4) is 0 Å². The number of carbonyl (C=O) groups excluding carboxylic acids is 1. The van der Waals surface area contributed by atoms with Crippen molar-refractivity contribution in [2.24, 2.45) is 0 Å². The number of piperidine rings is 1. The number of rotatable bonds is 7. The molecule has 1 atom stereocenters. The predicted octanol–water partition coefficient (Wildman–Crippen LogP) is 6.10. The van der Waals surface area contributed by atoms with Gasteiger partial charge in [-0.3, -0.25) is 9.78 Å². The molecule has 4 rings (SSSR count). The third-order valence-electron chi connectivity index (χ3n) is 6.60. The Hall–Kier alpha value is -3.53. The summed E-state index contributed by atoms with van der Waals surface area (Å²) in [5.41, 5.74) is -0.867. The van der Waals surface area contributed by atoms with Gasteiger partial charge in [0.15, 0.2) is 0 Å². The normalized spacial score (nSPS) is 15.6. The third kappa shape index (κ3) is 5.90. The molecule has 0 aliphatic carbocycles. The Labute approximate surface area is 211 Å². The number of nitrogens with zero attached hydrogens (tertiary/aromatic N) is 2. The Balaban J connectivity index is 1.69. The summed E-state index contributed by atoms with van der Waals surface area (Å²) in [5.74, 6) is -3.29. The summed E-state index contributed by atoms with van der Waals surface area (Å²) in [7, 11) is 2.00. The molecule has 196 valence electrons. The monoisotopic (exact) mass is 518 g/mol. The van der Waals surface area contributed by atoms with Crippen LogP contribution in [0.2, 0.25) is 0 Å². The first-order valence-corrected chi connectivity index (χ1v) is 11.9. The molecule has 10 heteroatoms. The Morgan fingerprint density at radius 3 is 2.41 bits per heavy atom. The fraction of sp³-hybridized carbons (Fsp3) is 0.333. The van der Waals surface area contributed by atoms with Gasteiger partial charge in [0, 0.05) is 28.9 Å². The van der Waals surface area contributed by atoms with Crippen LogP contribution in [-0.2, 0) is 0 Å². The van der Waals surface area contributed by atoms with Crippen LogP contribution in [0.5, 0.6) is 0 Å². The zero-order valence-corrected chi connectivity index (χ0v) is 20.4. The highest BCUT2D eigenvalue weighted by molar-refractivity contribution is 6.01. The molecular formula is C27H27F5N4O. The van der Waals surface area contributed by atoms with Crippen molar-refractivity contribution in [1.82, 2.24) is 15.2 Å². The topological polar surface area (TPSA) is 57.3 Å². The van der Waals surface area contributed by atoms with Crippen molar-refractivity contribution in [3.63, 3.8) is 0 Å². The number of halogens is 5. The second kappa shape index (κ2) is 11.2. The van der Waals surface area contributed by atoms with Crippen molar-refractivity contribution in [3.8, 4) is 11.1 Å². The second-order valence-corrected chi connectivity index (χ2v) is 9.20. The molecule has 0 unspecified atom stereocenters. The molecule has 2 heterocycles. The van der Waals surface area contributed by atoms with E-state index in [1.165, 1.54) is 37.4 Å². The lowest BCUT2D eigenvalue weighted by atomic mass is 9.98. The maximum atomic E-state index is 15.2. The summed E-state index contributed by atoms with van der Waals surface area (Å²) in [6.45, 7) is 3.10. The van der Waals surface area contributed by atoms with E-state index < -0.39 is 41.4 Å². The number of benzene rings is 2. The molecule has 0 radical (unpaired) electrons. The maximum Gasteiger partial charge on any atom is 0.266 e. The summed E-state index contributed by atoms with van der Waals surface area (Å²) < 4.78 is 70.6. The molecule has 1 aliphatic rings. The fourth-order valence-corrected chi connectivity index (χ4v) is 4.48. The van der Waals surface area contributed by atoms with Gasteiger partial charge in [0.25, 0.3) is 12.3 Å². The summed E-state index contributed by atoms with van der Waals surface area (Å²) in [4.78, 5) is 19.2. The highest BCUT2D eigenvalue weighted by Gasteiger charge is 2.25. The number of nitrogens with one attached hydrogen (secondary N) is 2. The van der Waals surface area contributed by atoms with E-state index in [0.717, 1.165) is 44.3 Å². The second-order valence-electron chi connectivity index (χ2n) is 9.20. The molecule has 2 N–H and O–H groups in total. The van der Waals surface area contributed by atoms with Crippen molar-refractivity contribution in [2.75, 3.05) is 25.5 Å². The first-order chi connectivity index (χ1) is 17.7. The molecule has 0 saturated carbocycles. The SMILES string of the molecule is C[C@@H](NC(=O)c1cc(-c2ccncc2F)c(F)cc1NC1CCN(C)CC1)c1cccc(C(F)F)c1F. The van der Waals surface area contributed by atoms with E-state index in [1.807, 2.05) is 7.05 Å². The number of alkyl halides is 2. The Morgan fingerprint density at radius 2 is 1.73 bits per heavy atom. The maximum absolute atomic E-state index is 15.2. The highest BCUT2D eigenvalue weighted by atomic mass is 19.3. The van der Waals surface area contributed by atoms with Crippen LogP contribution in [0.15, 0.2) is 48.8 Å². The van der Waals surface area contributed by atoms with Crippen LogP contribution >= 0.6 is 0 Å². The average molecular weight is 519 g/mol. The van der Waals surface area contributed by atoms with Crippen molar-refractivity contribution >= 4 is 11.6 Å². The van der Waals surface area contributed by atoms with Gasteiger partial charge in [-0.2, -0.15) is 0 Å². The Kier molecular flexibility index (Phi) is 8.06. The number of hydrogen-bond donors (Lipinski definition) is 2. The standard InChI is InChI=1S/C27H27F5N4O/c1-15(17-4-3-5-19(25(17)30)26(31)32)34-27(37)21-12-20(18-6-9-33-14-23(18)29)22(28)13-24(21)35-16-7-10-36(2)11-8-16/h3-6,9,12-16,26,35H,7-8,10-11H2,1-2H3,(H,34,37)/t15-/m1/s1. The summed E-state index contributed by atoms with van der Waals surface area (Å²) in [6.07, 6.45) is 0.774. The number of carbonyl (C=O) groups is 1. The van der Waals surface area contributed by atoms with E-state index in [0.29, 0.717) is 0 Å². The molecule has 1 saturated heterocycles. The smallest absolute Gasteiger partial charge is 0.266 e. The van der Waals surface area contributed by atoms with Crippen LogP contribution in [0, 0.1) is 17.5 Å². The molecule has 37 heavy (non-hydrogen) atoms. The minimum atomic E-state index is -3.01. The van der Waals surface area contributed by atoms with E-state index in [2.05, 4.69) is 20.5 Å². The molecule has 1 aromatic heterocycles. The zero-order chi connectivity index (χ0) is 26.7. The van der Waals surface area contributed by atoms with Crippen molar-refractivity contribution in [2.45, 2.75) is 38.3 Å². The van der Waals surface area contributed by atoms with Crippen LogP contribution in [0.25, 0.3) is 11.1 Å². The lowest BCUT2D eigenvalue weighted by Crippen LogP contribution is -2.37. The van der Waals surface area contributed by atoms with Crippen LogP contribution < -0.4 is 10.6 Å². The molecule has 2 aromatic carbocycles. The van der Waals surface area contributed by atoms with Gasteiger partial charge in [-0.05, 0) is 58.1 Å². The quantitative estimate of drug-likeness (QED) is 0.371. The van der Waals surface area contributed by atoms with E-state index >= 15 is 4.39 Å². The van der Waals surface area contributed by atoms with Crippen molar-refractivity contribution in [1.29, 1.82) is 0 Å². The summed E-state index contributed by atoms with van der Waals surface area (Å²) in [5, 5.41) is 5.84. The highest BCUT2D eigenvalue weighted by Crippen LogP contribution is 2.32. The van der Waals surface area contributed by atoms with Gasteiger partial charge < -0.3 is 15.5 Å². The molecule has 1 fully saturated rings. The van der Waals surface area contributed by atoms with E-state index in [-0.39, 0.29) is 34.0 Å². The minimum absolute atomic E-state index is 0.0174. The Morgan fingerprint density at radius 1 is 1.03 bits per heavy atom. The van der Waals surface area contributed by atoms with Crippen molar-refractivity contribution in [3.05, 3.63) is 82.9 Å². The molecule has 0 bridgehead atoms. The van der Waals surface area contributed by atoms with Crippen molar-refractivity contribution < 1.29 is 26.7 Å². The number of pyridine rings is 1. The van der Waals surface area contributed by atoms with E-state index in [9.17, 15) is 22.4 Å². The van der Waals surface area contributed by atoms with Crippen LogP contribution in [-0.4, -0.2) is 42.0 Å². The van der Waals surface area contributed by atoms with Gasteiger partial charge in [-0.15, -0.1) is 0 Å². The molecule has 1 amide bonds. The van der Waals surface area contributed by atoms with Crippen LogP contribution in [0.4, 0.5) is 27.6 Å². The average Bonchev–Trinajstić information content (AvgIpc) is 2.86. The largest absolute Gasteiger partial charge is 0.381 e. The lowest BCUT2D eigenvalue weighted by Gasteiger charge is -2.31. The van der Waals surface area contributed by atoms with Crippen LogP contribution in [0.1, 0.15) is 53.7 Å². The van der Waals surface area contributed by atoms with Gasteiger partial charge in [-0.25, -0.2) is 22.0 Å². The van der Waals surface area contributed by atoms with Gasteiger partial charge >= 0.3 is 0 Å². The molecule has 3 aromatic rings. The number of hydrogen-bond acceptors (Lipinski definition) is 4. The summed E-state index contributed by atoms with van der Waals surface area (Å²) >= 11 is 0. The van der Waals surface area contributed by atoms with Gasteiger partial charge in [0.2, 0.25) is 0 Å². The lowest BCUT2D eigenvalue weighted by molar-refractivity contribution is 0.0940. The molecule has 1 aliphatic heterocycles. The van der Waals surface area contributed by atoms with E-state index in [4.69, 9.17) is 0 Å². The predicted molar refractivity (Wildman–Crippen MR) is 131 cm³/mol. The number of anilines is 1. The van der Waals surface area contributed by atoms with Gasteiger partial charge in [0.05, 0.1) is 29.1 Å². The zero-order valence-electron chi connectivity index (χ0n) is 20.4. The van der Waals surface area contributed by atoms with Gasteiger partial charge in [-0.1, -0.05) is 18.2 Å². The molecule has 5 nitrogen and oxygen atoms in total. The number of likely N-dealkylation sites (tertiary alicyclic amines) is 1. The molecular weight excluding hydrogens is 491 g/mol. The third-order valence-corrected chi connectivity index (χ3v) is 6.60. The number of aromatic nitrogens is 1. The van der Waals surface area contributed by atoms with E-state index in [1.54, 1.807) is 0 Å². The summed E-state index contributed by atoms with van der Waals surface area (Å²) in [6, 6.07) is 6.26. The molecule has 0 spiro atoms. The fourth-order valence-electron chi connectivity index (χ4n) is 4.48.